The summed E-state index contributed by atoms with van der Waals surface area (Å²) in [4.78, 5) is 0. The minimum atomic E-state index is 0.0694. The van der Waals surface area contributed by atoms with E-state index in [2.05, 4.69) is 12.2 Å². The van der Waals surface area contributed by atoms with Gasteiger partial charge in [-0.3, -0.25) is 0 Å². The Balaban J connectivity index is 2.24. The Hall–Kier alpha value is -1.67. The van der Waals surface area contributed by atoms with Crippen molar-refractivity contribution in [1.29, 1.82) is 0 Å². The third kappa shape index (κ3) is 3.21. The van der Waals surface area contributed by atoms with E-state index in [4.69, 9.17) is 11.6 Å². The summed E-state index contributed by atoms with van der Waals surface area (Å²) >= 11 is 6.13. The lowest BCUT2D eigenvalue weighted by Crippen LogP contribution is -2.09. The highest BCUT2D eigenvalue weighted by atomic mass is 35.5. The minimum absolute atomic E-state index is 0.0694. The second kappa shape index (κ2) is 5.98. The van der Waals surface area contributed by atoms with Crippen LogP contribution in [0, 0.1) is 6.92 Å². The van der Waals surface area contributed by atoms with E-state index < -0.39 is 0 Å². The summed E-state index contributed by atoms with van der Waals surface area (Å²) in [6.07, 6.45) is 0.878. The van der Waals surface area contributed by atoms with E-state index in [0.29, 0.717) is 5.75 Å². The fourth-order valence-corrected chi connectivity index (χ4v) is 2.25. The van der Waals surface area contributed by atoms with Crippen molar-refractivity contribution in [3.05, 3.63) is 58.6 Å². The van der Waals surface area contributed by atoms with Gasteiger partial charge in [-0.25, -0.2) is 0 Å². The molecular formula is C16H18ClNO. The first-order valence-corrected chi connectivity index (χ1v) is 6.80. The number of phenols is 1. The molecule has 19 heavy (non-hydrogen) atoms. The standard InChI is InChI=1S/C16H18ClNO/c1-3-15(13-6-4-5-7-16(13)19)18-12-9-8-11(2)14(17)10-12/h4-10,15,18-19H,3H2,1-2H3. The van der Waals surface area contributed by atoms with Crippen LogP contribution in [0.5, 0.6) is 5.75 Å². The van der Waals surface area contributed by atoms with Gasteiger partial charge in [0.15, 0.2) is 0 Å². The van der Waals surface area contributed by atoms with E-state index in [1.165, 1.54) is 0 Å². The topological polar surface area (TPSA) is 32.3 Å². The molecule has 2 rings (SSSR count). The van der Waals surface area contributed by atoms with Crippen LogP contribution < -0.4 is 5.32 Å². The highest BCUT2D eigenvalue weighted by Gasteiger charge is 2.13. The molecule has 0 bridgehead atoms. The number of halogens is 1. The molecule has 0 aliphatic rings. The van der Waals surface area contributed by atoms with Crippen molar-refractivity contribution in [1.82, 2.24) is 0 Å². The summed E-state index contributed by atoms with van der Waals surface area (Å²) in [7, 11) is 0. The molecule has 2 aromatic carbocycles. The molecule has 0 amide bonds. The summed E-state index contributed by atoms with van der Waals surface area (Å²) in [5.74, 6) is 0.319. The highest BCUT2D eigenvalue weighted by Crippen LogP contribution is 2.30. The highest BCUT2D eigenvalue weighted by molar-refractivity contribution is 6.31. The number of aromatic hydroxyl groups is 1. The van der Waals surface area contributed by atoms with Crippen LogP contribution in [0.15, 0.2) is 42.5 Å². The number of phenolic OH excluding ortho intramolecular Hbond substituents is 1. The van der Waals surface area contributed by atoms with Crippen molar-refractivity contribution in [2.24, 2.45) is 0 Å². The summed E-state index contributed by atoms with van der Waals surface area (Å²) in [6.45, 7) is 4.06. The van der Waals surface area contributed by atoms with Crippen molar-refractivity contribution in [3.63, 3.8) is 0 Å². The molecule has 100 valence electrons. The molecule has 0 radical (unpaired) electrons. The number of aryl methyl sites for hydroxylation is 1. The number of hydrogen-bond donors (Lipinski definition) is 2. The van der Waals surface area contributed by atoms with Crippen molar-refractivity contribution in [2.75, 3.05) is 5.32 Å². The van der Waals surface area contributed by atoms with E-state index in [1.807, 2.05) is 43.3 Å². The third-order valence-electron chi connectivity index (χ3n) is 3.23. The van der Waals surface area contributed by atoms with Gasteiger partial charge in [-0.1, -0.05) is 42.8 Å². The first-order valence-electron chi connectivity index (χ1n) is 6.42. The quantitative estimate of drug-likeness (QED) is 0.830. The van der Waals surface area contributed by atoms with Gasteiger partial charge in [-0.2, -0.15) is 0 Å². The Bertz CT molecular complexity index is 568. The number of anilines is 1. The van der Waals surface area contributed by atoms with E-state index in [0.717, 1.165) is 28.3 Å². The maximum Gasteiger partial charge on any atom is 0.120 e. The molecule has 2 N–H and O–H groups in total. The summed E-state index contributed by atoms with van der Waals surface area (Å²) in [5, 5.41) is 14.1. The van der Waals surface area contributed by atoms with Gasteiger partial charge in [0.05, 0.1) is 6.04 Å². The van der Waals surface area contributed by atoms with Gasteiger partial charge in [0.2, 0.25) is 0 Å². The zero-order chi connectivity index (χ0) is 13.8. The molecule has 0 saturated heterocycles. The number of benzene rings is 2. The molecule has 2 nitrogen and oxygen atoms in total. The normalized spacial score (nSPS) is 12.2. The lowest BCUT2D eigenvalue weighted by Gasteiger charge is -2.20. The summed E-state index contributed by atoms with van der Waals surface area (Å²) in [5.41, 5.74) is 2.93. The van der Waals surface area contributed by atoms with Crippen LogP contribution >= 0.6 is 11.6 Å². The van der Waals surface area contributed by atoms with Gasteiger partial charge in [0.25, 0.3) is 0 Å². The van der Waals surface area contributed by atoms with Gasteiger partial charge in [0.1, 0.15) is 5.75 Å². The average molecular weight is 276 g/mol. The zero-order valence-corrected chi connectivity index (χ0v) is 11.9. The molecule has 0 aromatic heterocycles. The Morgan fingerprint density at radius 1 is 1.21 bits per heavy atom. The molecule has 0 heterocycles. The first-order chi connectivity index (χ1) is 9.11. The predicted octanol–water partition coefficient (Wildman–Crippen LogP) is 4.92. The molecule has 3 heteroatoms. The van der Waals surface area contributed by atoms with Crippen LogP contribution in [-0.2, 0) is 0 Å². The van der Waals surface area contributed by atoms with Crippen LogP contribution in [0.1, 0.15) is 30.5 Å². The minimum Gasteiger partial charge on any atom is -0.508 e. The van der Waals surface area contributed by atoms with Gasteiger partial charge < -0.3 is 10.4 Å². The molecule has 0 aliphatic carbocycles. The molecule has 0 saturated carbocycles. The van der Waals surface area contributed by atoms with E-state index >= 15 is 0 Å². The van der Waals surface area contributed by atoms with E-state index in [9.17, 15) is 5.11 Å². The van der Waals surface area contributed by atoms with Crippen molar-refractivity contribution >= 4 is 17.3 Å². The van der Waals surface area contributed by atoms with Crippen molar-refractivity contribution in [3.8, 4) is 5.75 Å². The van der Waals surface area contributed by atoms with Crippen LogP contribution in [-0.4, -0.2) is 5.11 Å². The maximum atomic E-state index is 9.92. The first kappa shape index (κ1) is 13.8. The van der Waals surface area contributed by atoms with E-state index in [-0.39, 0.29) is 6.04 Å². The van der Waals surface area contributed by atoms with Gasteiger partial charge in [-0.15, -0.1) is 0 Å². The fraction of sp³-hybridized carbons (Fsp3) is 0.250. The fourth-order valence-electron chi connectivity index (χ4n) is 2.07. The average Bonchev–Trinajstić information content (AvgIpc) is 2.41. The van der Waals surface area contributed by atoms with Crippen LogP contribution in [0.4, 0.5) is 5.69 Å². The lowest BCUT2D eigenvalue weighted by atomic mass is 10.0. The molecule has 0 spiro atoms. The van der Waals surface area contributed by atoms with Gasteiger partial charge >= 0.3 is 0 Å². The molecule has 0 fully saturated rings. The second-order valence-corrected chi connectivity index (χ2v) is 5.04. The number of nitrogens with one attached hydrogen (secondary N) is 1. The summed E-state index contributed by atoms with van der Waals surface area (Å²) < 4.78 is 0. The maximum absolute atomic E-state index is 9.92. The third-order valence-corrected chi connectivity index (χ3v) is 3.64. The molecular weight excluding hydrogens is 258 g/mol. The van der Waals surface area contributed by atoms with Crippen LogP contribution in [0.2, 0.25) is 5.02 Å². The molecule has 2 aromatic rings. The largest absolute Gasteiger partial charge is 0.508 e. The Morgan fingerprint density at radius 2 is 1.95 bits per heavy atom. The monoisotopic (exact) mass is 275 g/mol. The molecule has 1 atom stereocenters. The number of para-hydroxylation sites is 1. The smallest absolute Gasteiger partial charge is 0.120 e. The van der Waals surface area contributed by atoms with Crippen molar-refractivity contribution in [2.45, 2.75) is 26.3 Å². The Labute approximate surface area is 119 Å². The second-order valence-electron chi connectivity index (χ2n) is 4.63. The summed E-state index contributed by atoms with van der Waals surface area (Å²) in [6, 6.07) is 13.4. The Morgan fingerprint density at radius 3 is 2.58 bits per heavy atom. The van der Waals surface area contributed by atoms with E-state index in [1.54, 1.807) is 6.07 Å². The Kier molecular flexibility index (Phi) is 4.33. The zero-order valence-electron chi connectivity index (χ0n) is 11.2. The SMILES string of the molecule is CCC(Nc1ccc(C)c(Cl)c1)c1ccccc1O. The lowest BCUT2D eigenvalue weighted by molar-refractivity contribution is 0.463. The predicted molar refractivity (Wildman–Crippen MR) is 81.0 cm³/mol. The van der Waals surface area contributed by atoms with Gasteiger partial charge in [0, 0.05) is 16.3 Å². The van der Waals surface area contributed by atoms with Gasteiger partial charge in [-0.05, 0) is 37.1 Å². The van der Waals surface area contributed by atoms with Crippen LogP contribution in [0.3, 0.4) is 0 Å². The van der Waals surface area contributed by atoms with Crippen molar-refractivity contribution < 1.29 is 5.11 Å². The number of hydrogen-bond acceptors (Lipinski definition) is 2. The van der Waals surface area contributed by atoms with Crippen LogP contribution in [0.25, 0.3) is 0 Å². The molecule has 0 aliphatic heterocycles. The number of rotatable bonds is 4. The molecule has 1 unspecified atom stereocenters.